The zero-order valence-corrected chi connectivity index (χ0v) is 14.1. The number of rotatable bonds is 4. The number of carbonyl (C=O) groups is 1. The van der Waals surface area contributed by atoms with E-state index >= 15 is 0 Å². The number of hydrogen-bond acceptors (Lipinski definition) is 6. The van der Waals surface area contributed by atoms with E-state index in [0.717, 1.165) is 16.4 Å². The number of ether oxygens (including phenoxy) is 2. The molecule has 6 nitrogen and oxygen atoms in total. The first-order chi connectivity index (χ1) is 12.3. The van der Waals surface area contributed by atoms with Crippen molar-refractivity contribution in [2.24, 2.45) is 0 Å². The second-order valence-corrected chi connectivity index (χ2v) is 6.30. The van der Waals surface area contributed by atoms with E-state index in [1.807, 2.05) is 23.6 Å². The maximum Gasteiger partial charge on any atom is 0.230 e. The van der Waals surface area contributed by atoms with Crippen LogP contribution in [0.3, 0.4) is 0 Å². The fourth-order valence-corrected chi connectivity index (χ4v) is 3.28. The van der Waals surface area contributed by atoms with Crippen molar-refractivity contribution in [1.82, 2.24) is 9.97 Å². The van der Waals surface area contributed by atoms with E-state index in [0.29, 0.717) is 30.4 Å². The van der Waals surface area contributed by atoms with Gasteiger partial charge < -0.3 is 14.8 Å². The van der Waals surface area contributed by atoms with Gasteiger partial charge in [-0.25, -0.2) is 4.98 Å². The van der Waals surface area contributed by atoms with Crippen molar-refractivity contribution in [1.29, 1.82) is 0 Å². The molecule has 4 rings (SSSR count). The standard InChI is InChI=1S/C18H15N3O3S/c22-17(20-12-4-5-15-16(9-12)24-8-7-23-15)10-13-11-25-18(21-13)14-3-1-2-6-19-14/h1-6,9,11H,7-8,10H2,(H,20,22). The highest BCUT2D eigenvalue weighted by atomic mass is 32.1. The monoisotopic (exact) mass is 353 g/mol. The van der Waals surface area contributed by atoms with E-state index < -0.39 is 0 Å². The van der Waals surface area contributed by atoms with Crippen molar-refractivity contribution in [3.05, 3.63) is 53.7 Å². The summed E-state index contributed by atoms with van der Waals surface area (Å²) in [5.74, 6) is 1.22. The van der Waals surface area contributed by atoms with Gasteiger partial charge in [-0.1, -0.05) is 6.07 Å². The van der Waals surface area contributed by atoms with E-state index in [1.165, 1.54) is 11.3 Å². The molecule has 0 aliphatic carbocycles. The van der Waals surface area contributed by atoms with Gasteiger partial charge >= 0.3 is 0 Å². The number of benzene rings is 1. The van der Waals surface area contributed by atoms with Crippen LogP contribution in [0.5, 0.6) is 11.5 Å². The van der Waals surface area contributed by atoms with Crippen LogP contribution in [0.2, 0.25) is 0 Å². The summed E-state index contributed by atoms with van der Waals surface area (Å²) in [7, 11) is 0. The molecule has 25 heavy (non-hydrogen) atoms. The molecule has 0 saturated heterocycles. The third kappa shape index (κ3) is 3.61. The van der Waals surface area contributed by atoms with Crippen molar-refractivity contribution in [2.45, 2.75) is 6.42 Å². The van der Waals surface area contributed by atoms with E-state index in [-0.39, 0.29) is 12.3 Å². The summed E-state index contributed by atoms with van der Waals surface area (Å²) in [6, 6.07) is 11.0. The molecule has 0 bridgehead atoms. The highest BCUT2D eigenvalue weighted by Crippen LogP contribution is 2.32. The van der Waals surface area contributed by atoms with Crippen LogP contribution in [0.4, 0.5) is 5.69 Å². The fraction of sp³-hybridized carbons (Fsp3) is 0.167. The lowest BCUT2D eigenvalue weighted by molar-refractivity contribution is -0.115. The fourth-order valence-electron chi connectivity index (χ4n) is 2.49. The van der Waals surface area contributed by atoms with E-state index in [2.05, 4.69) is 15.3 Å². The second-order valence-electron chi connectivity index (χ2n) is 5.44. The smallest absolute Gasteiger partial charge is 0.230 e. The van der Waals surface area contributed by atoms with Gasteiger partial charge in [-0.2, -0.15) is 0 Å². The molecule has 7 heteroatoms. The summed E-state index contributed by atoms with van der Waals surface area (Å²) in [5, 5.41) is 5.55. The number of nitrogens with one attached hydrogen (secondary N) is 1. The maximum absolute atomic E-state index is 12.3. The number of anilines is 1. The largest absolute Gasteiger partial charge is 0.486 e. The minimum Gasteiger partial charge on any atom is -0.486 e. The topological polar surface area (TPSA) is 73.3 Å². The van der Waals surface area contributed by atoms with Gasteiger partial charge in [0, 0.05) is 23.3 Å². The van der Waals surface area contributed by atoms with Gasteiger partial charge in [0.05, 0.1) is 17.8 Å². The Balaban J connectivity index is 1.42. The third-order valence-corrected chi connectivity index (χ3v) is 4.52. The normalized spacial score (nSPS) is 12.6. The molecular formula is C18H15N3O3S. The van der Waals surface area contributed by atoms with E-state index in [1.54, 1.807) is 24.4 Å². The Hall–Kier alpha value is -2.93. The van der Waals surface area contributed by atoms with Gasteiger partial charge in [0.1, 0.15) is 18.2 Å². The first kappa shape index (κ1) is 15.6. The van der Waals surface area contributed by atoms with E-state index in [4.69, 9.17) is 9.47 Å². The highest BCUT2D eigenvalue weighted by Gasteiger charge is 2.14. The molecule has 0 atom stereocenters. The summed E-state index contributed by atoms with van der Waals surface area (Å²) < 4.78 is 11.0. The van der Waals surface area contributed by atoms with Crippen LogP contribution in [-0.2, 0) is 11.2 Å². The van der Waals surface area contributed by atoms with Gasteiger partial charge in [0.2, 0.25) is 5.91 Å². The predicted octanol–water partition coefficient (Wildman–Crippen LogP) is 3.16. The number of pyridine rings is 1. The highest BCUT2D eigenvalue weighted by molar-refractivity contribution is 7.13. The molecule has 0 radical (unpaired) electrons. The molecule has 2 aromatic heterocycles. The van der Waals surface area contributed by atoms with Gasteiger partial charge in [0.25, 0.3) is 0 Å². The second kappa shape index (κ2) is 6.90. The zero-order valence-electron chi connectivity index (χ0n) is 13.3. The SMILES string of the molecule is O=C(Cc1csc(-c2ccccn2)n1)Nc1ccc2c(c1)OCCO2. The van der Waals surface area contributed by atoms with Crippen molar-refractivity contribution in [3.63, 3.8) is 0 Å². The molecule has 1 aliphatic rings. The quantitative estimate of drug-likeness (QED) is 0.780. The summed E-state index contributed by atoms with van der Waals surface area (Å²) >= 11 is 1.48. The number of nitrogens with zero attached hydrogens (tertiary/aromatic N) is 2. The molecule has 1 amide bonds. The minimum atomic E-state index is -0.130. The Labute approximate surface area is 148 Å². The molecule has 1 aromatic carbocycles. The van der Waals surface area contributed by atoms with Gasteiger partial charge in [-0.05, 0) is 24.3 Å². The molecule has 3 heterocycles. The van der Waals surface area contributed by atoms with Crippen molar-refractivity contribution >= 4 is 22.9 Å². The predicted molar refractivity (Wildman–Crippen MR) is 95.1 cm³/mol. The molecular weight excluding hydrogens is 338 g/mol. The van der Waals surface area contributed by atoms with Crippen molar-refractivity contribution in [2.75, 3.05) is 18.5 Å². The number of amides is 1. The number of fused-ring (bicyclic) bond motifs is 1. The molecule has 0 saturated carbocycles. The van der Waals surface area contributed by atoms with Crippen LogP contribution >= 0.6 is 11.3 Å². The van der Waals surface area contributed by atoms with Crippen molar-refractivity contribution < 1.29 is 14.3 Å². The van der Waals surface area contributed by atoms with Crippen LogP contribution < -0.4 is 14.8 Å². The lowest BCUT2D eigenvalue weighted by atomic mass is 10.2. The van der Waals surface area contributed by atoms with Gasteiger partial charge in [-0.3, -0.25) is 9.78 Å². The van der Waals surface area contributed by atoms with Gasteiger partial charge in [0.15, 0.2) is 11.5 Å². The average molecular weight is 353 g/mol. The Bertz CT molecular complexity index is 896. The Kier molecular flexibility index (Phi) is 4.30. The summed E-state index contributed by atoms with van der Waals surface area (Å²) in [6.45, 7) is 1.06. The average Bonchev–Trinajstić information content (AvgIpc) is 3.10. The minimum absolute atomic E-state index is 0.130. The Morgan fingerprint density at radius 1 is 1.16 bits per heavy atom. The van der Waals surface area contributed by atoms with Crippen LogP contribution in [0.25, 0.3) is 10.7 Å². The molecule has 126 valence electrons. The molecule has 1 aliphatic heterocycles. The van der Waals surface area contributed by atoms with Crippen LogP contribution in [0.15, 0.2) is 48.0 Å². The van der Waals surface area contributed by atoms with Crippen LogP contribution in [0, 0.1) is 0 Å². The number of thiazole rings is 1. The molecule has 3 aromatic rings. The molecule has 0 spiro atoms. The Morgan fingerprint density at radius 3 is 2.88 bits per heavy atom. The summed E-state index contributed by atoms with van der Waals surface area (Å²) in [6.07, 6.45) is 1.93. The molecule has 1 N–H and O–H groups in total. The summed E-state index contributed by atoms with van der Waals surface area (Å²) in [4.78, 5) is 21.0. The third-order valence-electron chi connectivity index (χ3n) is 3.60. The summed E-state index contributed by atoms with van der Waals surface area (Å²) in [5.41, 5.74) is 2.21. The van der Waals surface area contributed by atoms with E-state index in [9.17, 15) is 4.79 Å². The van der Waals surface area contributed by atoms with Crippen LogP contribution in [0.1, 0.15) is 5.69 Å². The first-order valence-corrected chi connectivity index (χ1v) is 8.71. The number of carbonyl (C=O) groups excluding carboxylic acids is 1. The molecule has 0 unspecified atom stereocenters. The Morgan fingerprint density at radius 2 is 2.04 bits per heavy atom. The number of hydrogen-bond donors (Lipinski definition) is 1. The zero-order chi connectivity index (χ0) is 17.1. The van der Waals surface area contributed by atoms with Gasteiger partial charge in [-0.15, -0.1) is 11.3 Å². The lowest BCUT2D eigenvalue weighted by Crippen LogP contribution is -2.17. The van der Waals surface area contributed by atoms with Crippen molar-refractivity contribution in [3.8, 4) is 22.2 Å². The molecule has 0 fully saturated rings. The number of aromatic nitrogens is 2. The lowest BCUT2D eigenvalue weighted by Gasteiger charge is -2.18. The maximum atomic E-state index is 12.3. The first-order valence-electron chi connectivity index (χ1n) is 7.83. The van der Waals surface area contributed by atoms with Crippen LogP contribution in [-0.4, -0.2) is 29.1 Å².